The molecular weight excluding hydrogens is 176 g/mol. The van der Waals surface area contributed by atoms with Crippen molar-refractivity contribution in [3.8, 4) is 0 Å². The Hall–Kier alpha value is -0.570. The van der Waals surface area contributed by atoms with Crippen molar-refractivity contribution in [1.82, 2.24) is 10.6 Å². The molecule has 2 unspecified atom stereocenters. The molecule has 0 aromatic carbocycles. The van der Waals surface area contributed by atoms with E-state index in [1.165, 1.54) is 0 Å². The Kier molecular flexibility index (Phi) is 4.94. The van der Waals surface area contributed by atoms with E-state index in [9.17, 15) is 4.79 Å². The lowest BCUT2D eigenvalue weighted by molar-refractivity contribution is -0.126. The molecule has 3 heteroatoms. The average Bonchev–Trinajstić information content (AvgIpc) is 2.18. The second-order valence-corrected chi connectivity index (χ2v) is 4.22. The smallest absolute Gasteiger partial charge is 0.223 e. The van der Waals surface area contributed by atoms with Crippen LogP contribution < -0.4 is 10.6 Å². The number of hydrogen-bond acceptors (Lipinski definition) is 2. The molecule has 3 nitrogen and oxygen atoms in total. The van der Waals surface area contributed by atoms with Gasteiger partial charge in [-0.15, -0.1) is 0 Å². The Morgan fingerprint density at radius 1 is 1.57 bits per heavy atom. The van der Waals surface area contributed by atoms with Crippen LogP contribution in [0.15, 0.2) is 0 Å². The Morgan fingerprint density at radius 2 is 2.36 bits per heavy atom. The first kappa shape index (κ1) is 11.5. The van der Waals surface area contributed by atoms with Gasteiger partial charge in [-0.3, -0.25) is 4.79 Å². The van der Waals surface area contributed by atoms with Gasteiger partial charge < -0.3 is 10.6 Å². The van der Waals surface area contributed by atoms with Crippen molar-refractivity contribution in [2.24, 2.45) is 5.92 Å². The standard InChI is InChI=1S/C11H22N2O/c1-3-4-6-13-11(14)10-5-7-12-9(2)8-10/h9-10,12H,3-8H2,1-2H3,(H,13,14). The van der Waals surface area contributed by atoms with Crippen molar-refractivity contribution < 1.29 is 4.79 Å². The maximum atomic E-state index is 11.7. The second-order valence-electron chi connectivity index (χ2n) is 4.22. The van der Waals surface area contributed by atoms with Crippen LogP contribution in [0.3, 0.4) is 0 Å². The quantitative estimate of drug-likeness (QED) is 0.668. The van der Waals surface area contributed by atoms with Gasteiger partial charge in [0.1, 0.15) is 0 Å². The molecule has 1 amide bonds. The third-order valence-electron chi connectivity index (χ3n) is 2.82. The van der Waals surface area contributed by atoms with E-state index in [1.54, 1.807) is 0 Å². The van der Waals surface area contributed by atoms with Gasteiger partial charge >= 0.3 is 0 Å². The minimum Gasteiger partial charge on any atom is -0.356 e. The molecule has 0 spiro atoms. The molecular formula is C11H22N2O. The fourth-order valence-electron chi connectivity index (χ4n) is 1.90. The van der Waals surface area contributed by atoms with Crippen molar-refractivity contribution in [2.75, 3.05) is 13.1 Å². The normalized spacial score (nSPS) is 27.3. The van der Waals surface area contributed by atoms with Crippen LogP contribution in [0.2, 0.25) is 0 Å². The van der Waals surface area contributed by atoms with Crippen molar-refractivity contribution in [3.05, 3.63) is 0 Å². The number of unbranched alkanes of at least 4 members (excludes halogenated alkanes) is 1. The zero-order chi connectivity index (χ0) is 10.4. The Bertz CT molecular complexity index is 182. The van der Waals surface area contributed by atoms with E-state index in [0.717, 1.165) is 38.8 Å². The number of nitrogens with one attached hydrogen (secondary N) is 2. The van der Waals surface area contributed by atoms with Gasteiger partial charge in [0.05, 0.1) is 0 Å². The summed E-state index contributed by atoms with van der Waals surface area (Å²) < 4.78 is 0. The predicted octanol–water partition coefficient (Wildman–Crippen LogP) is 1.29. The zero-order valence-electron chi connectivity index (χ0n) is 9.31. The highest BCUT2D eigenvalue weighted by atomic mass is 16.1. The number of rotatable bonds is 4. The van der Waals surface area contributed by atoms with E-state index in [2.05, 4.69) is 24.5 Å². The second kappa shape index (κ2) is 6.02. The van der Waals surface area contributed by atoms with Gasteiger partial charge in [-0.25, -0.2) is 0 Å². The van der Waals surface area contributed by atoms with Crippen LogP contribution in [0.1, 0.15) is 39.5 Å². The third-order valence-corrected chi connectivity index (χ3v) is 2.82. The Balaban J connectivity index is 2.22. The van der Waals surface area contributed by atoms with E-state index in [-0.39, 0.29) is 11.8 Å². The maximum absolute atomic E-state index is 11.7. The predicted molar refractivity (Wildman–Crippen MR) is 58.1 cm³/mol. The molecule has 1 aliphatic rings. The molecule has 2 N–H and O–H groups in total. The average molecular weight is 198 g/mol. The third kappa shape index (κ3) is 3.66. The largest absolute Gasteiger partial charge is 0.356 e. The van der Waals surface area contributed by atoms with Gasteiger partial charge in [0.15, 0.2) is 0 Å². The van der Waals surface area contributed by atoms with Gasteiger partial charge in [-0.2, -0.15) is 0 Å². The highest BCUT2D eigenvalue weighted by Gasteiger charge is 2.23. The number of amides is 1. The Labute approximate surface area is 86.6 Å². The Morgan fingerprint density at radius 3 is 3.00 bits per heavy atom. The highest BCUT2D eigenvalue weighted by molar-refractivity contribution is 5.78. The molecule has 0 aromatic heterocycles. The molecule has 14 heavy (non-hydrogen) atoms. The summed E-state index contributed by atoms with van der Waals surface area (Å²) in [5.41, 5.74) is 0. The SMILES string of the molecule is CCCCNC(=O)C1CCNC(C)C1. The first-order valence-corrected chi connectivity index (χ1v) is 5.75. The summed E-state index contributed by atoms with van der Waals surface area (Å²) in [6.45, 7) is 6.10. The fourth-order valence-corrected chi connectivity index (χ4v) is 1.90. The van der Waals surface area contributed by atoms with Crippen LogP contribution in [0.5, 0.6) is 0 Å². The highest BCUT2D eigenvalue weighted by Crippen LogP contribution is 2.15. The van der Waals surface area contributed by atoms with Crippen LogP contribution in [-0.2, 0) is 4.79 Å². The maximum Gasteiger partial charge on any atom is 0.223 e. The van der Waals surface area contributed by atoms with Crippen molar-refractivity contribution in [2.45, 2.75) is 45.6 Å². The van der Waals surface area contributed by atoms with E-state index in [0.29, 0.717) is 6.04 Å². The van der Waals surface area contributed by atoms with Crippen LogP contribution in [0.4, 0.5) is 0 Å². The molecule has 0 bridgehead atoms. The summed E-state index contributed by atoms with van der Waals surface area (Å²) in [4.78, 5) is 11.7. The molecule has 1 saturated heterocycles. The molecule has 0 radical (unpaired) electrons. The zero-order valence-corrected chi connectivity index (χ0v) is 9.31. The van der Waals surface area contributed by atoms with E-state index < -0.39 is 0 Å². The first-order valence-electron chi connectivity index (χ1n) is 5.75. The van der Waals surface area contributed by atoms with Crippen LogP contribution in [0, 0.1) is 5.92 Å². The topological polar surface area (TPSA) is 41.1 Å². The molecule has 82 valence electrons. The fraction of sp³-hybridized carbons (Fsp3) is 0.909. The van der Waals surface area contributed by atoms with Crippen molar-refractivity contribution in [3.63, 3.8) is 0 Å². The minimum absolute atomic E-state index is 0.239. The van der Waals surface area contributed by atoms with E-state index >= 15 is 0 Å². The molecule has 0 saturated carbocycles. The first-order chi connectivity index (χ1) is 6.74. The van der Waals surface area contributed by atoms with Crippen molar-refractivity contribution >= 4 is 5.91 Å². The van der Waals surface area contributed by atoms with Gasteiger partial charge in [0.2, 0.25) is 5.91 Å². The molecule has 1 aliphatic heterocycles. The number of hydrogen-bond donors (Lipinski definition) is 2. The summed E-state index contributed by atoms with van der Waals surface area (Å²) in [5, 5.41) is 6.36. The van der Waals surface area contributed by atoms with Gasteiger partial charge in [-0.05, 0) is 32.7 Å². The molecule has 1 fully saturated rings. The van der Waals surface area contributed by atoms with E-state index in [1.807, 2.05) is 0 Å². The minimum atomic E-state index is 0.239. The van der Waals surface area contributed by atoms with Crippen LogP contribution in [-0.4, -0.2) is 25.0 Å². The monoisotopic (exact) mass is 198 g/mol. The van der Waals surface area contributed by atoms with Crippen LogP contribution in [0.25, 0.3) is 0 Å². The van der Waals surface area contributed by atoms with Crippen molar-refractivity contribution in [1.29, 1.82) is 0 Å². The summed E-state index contributed by atoms with van der Waals surface area (Å²) >= 11 is 0. The van der Waals surface area contributed by atoms with Gasteiger partial charge in [0, 0.05) is 18.5 Å². The van der Waals surface area contributed by atoms with E-state index in [4.69, 9.17) is 0 Å². The van der Waals surface area contributed by atoms with Gasteiger partial charge in [-0.1, -0.05) is 13.3 Å². The molecule has 2 atom stereocenters. The molecule has 1 heterocycles. The van der Waals surface area contributed by atoms with Gasteiger partial charge in [0.25, 0.3) is 0 Å². The molecule has 1 rings (SSSR count). The van der Waals surface area contributed by atoms with Crippen LogP contribution >= 0.6 is 0 Å². The lowest BCUT2D eigenvalue weighted by Crippen LogP contribution is -2.42. The molecule has 0 aromatic rings. The summed E-state index contributed by atoms with van der Waals surface area (Å²) in [6.07, 6.45) is 4.20. The lowest BCUT2D eigenvalue weighted by Gasteiger charge is -2.27. The number of piperidine rings is 1. The molecule has 0 aliphatic carbocycles. The summed E-state index contributed by atoms with van der Waals surface area (Å²) in [7, 11) is 0. The lowest BCUT2D eigenvalue weighted by atomic mass is 9.92. The number of carbonyl (C=O) groups is 1. The summed E-state index contributed by atoms with van der Waals surface area (Å²) in [6, 6.07) is 0.491. The summed E-state index contributed by atoms with van der Waals surface area (Å²) in [5.74, 6) is 0.495. The number of carbonyl (C=O) groups excluding carboxylic acids is 1.